The maximum absolute atomic E-state index is 12.2. The van der Waals surface area contributed by atoms with E-state index >= 15 is 0 Å². The molecule has 5 N–H and O–H groups in total. The SMILES string of the molecule is CCC1CCC(NS(=O)(=O)NCC(C)C)(C(N)=NO)CC1. The van der Waals surface area contributed by atoms with Crippen LogP contribution in [0.25, 0.3) is 0 Å². The Morgan fingerprint density at radius 1 is 1.43 bits per heavy atom. The molecule has 21 heavy (non-hydrogen) atoms. The van der Waals surface area contributed by atoms with E-state index in [4.69, 9.17) is 10.9 Å². The minimum absolute atomic E-state index is 0.0630. The zero-order chi connectivity index (χ0) is 16.1. The van der Waals surface area contributed by atoms with Crippen LogP contribution in [0.4, 0.5) is 0 Å². The second-order valence-electron chi connectivity index (χ2n) is 6.27. The molecule has 124 valence electrons. The summed E-state index contributed by atoms with van der Waals surface area (Å²) >= 11 is 0. The third kappa shape index (κ3) is 5.12. The number of nitrogens with two attached hydrogens (primary N) is 1. The van der Waals surface area contributed by atoms with Crippen molar-refractivity contribution in [2.24, 2.45) is 22.7 Å². The lowest BCUT2D eigenvalue weighted by Crippen LogP contribution is -2.61. The number of nitrogens with zero attached hydrogens (tertiary/aromatic N) is 1. The Labute approximate surface area is 127 Å². The predicted octanol–water partition coefficient (Wildman–Crippen LogP) is 1.15. The summed E-state index contributed by atoms with van der Waals surface area (Å²) in [6.45, 7) is 6.32. The van der Waals surface area contributed by atoms with Gasteiger partial charge in [-0.25, -0.2) is 4.72 Å². The monoisotopic (exact) mass is 320 g/mol. The maximum atomic E-state index is 12.2. The molecule has 0 heterocycles. The number of hydrogen-bond acceptors (Lipinski definition) is 4. The zero-order valence-electron chi connectivity index (χ0n) is 13.1. The van der Waals surface area contributed by atoms with Crippen LogP contribution in [0, 0.1) is 11.8 Å². The van der Waals surface area contributed by atoms with Crippen molar-refractivity contribution < 1.29 is 13.6 Å². The van der Waals surface area contributed by atoms with Gasteiger partial charge in [0, 0.05) is 6.54 Å². The number of nitrogens with one attached hydrogen (secondary N) is 2. The van der Waals surface area contributed by atoms with Crippen LogP contribution in [-0.2, 0) is 10.2 Å². The van der Waals surface area contributed by atoms with E-state index in [-0.39, 0.29) is 11.8 Å². The van der Waals surface area contributed by atoms with Crippen LogP contribution in [0.5, 0.6) is 0 Å². The minimum Gasteiger partial charge on any atom is -0.409 e. The average molecular weight is 320 g/mol. The van der Waals surface area contributed by atoms with Crippen LogP contribution in [-0.4, -0.2) is 31.5 Å². The lowest BCUT2D eigenvalue weighted by molar-refractivity contribution is 0.252. The molecule has 0 saturated heterocycles. The molecule has 1 rings (SSSR count). The van der Waals surface area contributed by atoms with Gasteiger partial charge in [0.05, 0.1) is 5.54 Å². The Morgan fingerprint density at radius 2 is 2.00 bits per heavy atom. The number of oxime groups is 1. The highest BCUT2D eigenvalue weighted by molar-refractivity contribution is 7.87. The van der Waals surface area contributed by atoms with Gasteiger partial charge in [-0.2, -0.15) is 13.1 Å². The molecule has 0 radical (unpaired) electrons. The van der Waals surface area contributed by atoms with Crippen molar-refractivity contribution in [3.8, 4) is 0 Å². The summed E-state index contributed by atoms with van der Waals surface area (Å²) < 4.78 is 29.4. The molecule has 7 nitrogen and oxygen atoms in total. The van der Waals surface area contributed by atoms with E-state index in [2.05, 4.69) is 21.5 Å². The fourth-order valence-electron chi connectivity index (χ4n) is 2.65. The molecule has 0 bridgehead atoms. The summed E-state index contributed by atoms with van der Waals surface area (Å²) in [5.41, 5.74) is 4.80. The Balaban J connectivity index is 2.85. The van der Waals surface area contributed by atoms with Crippen molar-refractivity contribution in [2.75, 3.05) is 6.54 Å². The molecule has 0 aromatic rings. The van der Waals surface area contributed by atoms with Gasteiger partial charge in [-0.05, 0) is 37.5 Å². The maximum Gasteiger partial charge on any atom is 0.277 e. The lowest BCUT2D eigenvalue weighted by Gasteiger charge is -2.39. The van der Waals surface area contributed by atoms with E-state index in [0.717, 1.165) is 19.3 Å². The van der Waals surface area contributed by atoms with E-state index in [1.54, 1.807) is 0 Å². The van der Waals surface area contributed by atoms with Gasteiger partial charge in [-0.3, -0.25) is 0 Å². The van der Waals surface area contributed by atoms with Crippen LogP contribution >= 0.6 is 0 Å². The van der Waals surface area contributed by atoms with Gasteiger partial charge >= 0.3 is 0 Å². The number of amidine groups is 1. The standard InChI is InChI=1S/C13H28N4O3S/c1-4-11-5-7-13(8-6-11,12(14)16-18)17-21(19,20)15-9-10(2)3/h10-11,15,17-18H,4-9H2,1-3H3,(H2,14,16). The van der Waals surface area contributed by atoms with Crippen molar-refractivity contribution in [1.29, 1.82) is 0 Å². The van der Waals surface area contributed by atoms with Crippen molar-refractivity contribution >= 4 is 16.0 Å². The van der Waals surface area contributed by atoms with E-state index in [1.807, 2.05) is 13.8 Å². The van der Waals surface area contributed by atoms with Gasteiger partial charge in [0.25, 0.3) is 10.2 Å². The molecule has 1 fully saturated rings. The predicted molar refractivity (Wildman–Crippen MR) is 83.3 cm³/mol. The first-order valence-electron chi connectivity index (χ1n) is 7.51. The summed E-state index contributed by atoms with van der Waals surface area (Å²) in [5, 5.41) is 12.1. The van der Waals surface area contributed by atoms with Crippen LogP contribution in [0.3, 0.4) is 0 Å². The summed E-state index contributed by atoms with van der Waals surface area (Å²) in [5.74, 6) is 0.710. The van der Waals surface area contributed by atoms with E-state index in [9.17, 15) is 8.42 Å². The Morgan fingerprint density at radius 3 is 2.43 bits per heavy atom. The second-order valence-corrected chi connectivity index (χ2v) is 7.77. The van der Waals surface area contributed by atoms with Gasteiger partial charge < -0.3 is 10.9 Å². The topological polar surface area (TPSA) is 117 Å². The Bertz CT molecular complexity index is 454. The summed E-state index contributed by atoms with van der Waals surface area (Å²) in [6, 6.07) is 0. The first kappa shape index (κ1) is 18.2. The van der Waals surface area contributed by atoms with Gasteiger partial charge in [0.2, 0.25) is 0 Å². The van der Waals surface area contributed by atoms with Crippen molar-refractivity contribution in [1.82, 2.24) is 9.44 Å². The van der Waals surface area contributed by atoms with Gasteiger partial charge in [0.15, 0.2) is 5.84 Å². The van der Waals surface area contributed by atoms with Crippen LogP contribution in [0.15, 0.2) is 5.16 Å². The molecule has 1 aliphatic carbocycles. The summed E-state index contributed by atoms with van der Waals surface area (Å²) in [7, 11) is -3.69. The Kier molecular flexibility index (Phi) is 6.42. The second kappa shape index (κ2) is 7.42. The van der Waals surface area contributed by atoms with Crippen LogP contribution in [0.2, 0.25) is 0 Å². The molecular weight excluding hydrogens is 292 g/mol. The minimum atomic E-state index is -3.69. The molecule has 0 spiro atoms. The molecule has 0 aromatic heterocycles. The smallest absolute Gasteiger partial charge is 0.277 e. The third-order valence-electron chi connectivity index (χ3n) is 4.15. The first-order chi connectivity index (χ1) is 9.74. The Hall–Kier alpha value is -0.860. The number of rotatable bonds is 7. The average Bonchev–Trinajstić information content (AvgIpc) is 2.44. The molecule has 0 unspecified atom stereocenters. The molecular formula is C13H28N4O3S. The van der Waals surface area contributed by atoms with Gasteiger partial charge in [-0.15, -0.1) is 0 Å². The largest absolute Gasteiger partial charge is 0.409 e. The zero-order valence-corrected chi connectivity index (χ0v) is 13.9. The first-order valence-corrected chi connectivity index (χ1v) is 8.99. The molecule has 0 aliphatic heterocycles. The summed E-state index contributed by atoms with van der Waals surface area (Å²) in [4.78, 5) is 0. The van der Waals surface area contributed by atoms with Crippen molar-refractivity contribution in [3.63, 3.8) is 0 Å². The molecule has 0 aromatic carbocycles. The van der Waals surface area contributed by atoms with Crippen molar-refractivity contribution in [3.05, 3.63) is 0 Å². The lowest BCUT2D eigenvalue weighted by atomic mass is 9.75. The number of hydrogen-bond donors (Lipinski definition) is 4. The highest BCUT2D eigenvalue weighted by Gasteiger charge is 2.42. The van der Waals surface area contributed by atoms with Crippen LogP contribution < -0.4 is 15.2 Å². The highest BCUT2D eigenvalue weighted by atomic mass is 32.2. The van der Waals surface area contributed by atoms with E-state index in [1.165, 1.54) is 0 Å². The fraction of sp³-hybridized carbons (Fsp3) is 0.923. The molecule has 1 saturated carbocycles. The van der Waals surface area contributed by atoms with Gasteiger partial charge in [0.1, 0.15) is 0 Å². The molecule has 0 amide bonds. The third-order valence-corrected chi connectivity index (χ3v) is 5.35. The molecule has 1 aliphatic rings. The highest BCUT2D eigenvalue weighted by Crippen LogP contribution is 2.34. The quantitative estimate of drug-likeness (QED) is 0.244. The van der Waals surface area contributed by atoms with Crippen molar-refractivity contribution in [2.45, 2.75) is 58.4 Å². The van der Waals surface area contributed by atoms with Gasteiger partial charge in [-0.1, -0.05) is 32.3 Å². The summed E-state index contributed by atoms with van der Waals surface area (Å²) in [6.07, 6.45) is 3.87. The fourth-order valence-corrected chi connectivity index (χ4v) is 4.10. The molecule has 8 heteroatoms. The molecule has 0 atom stereocenters. The van der Waals surface area contributed by atoms with Crippen LogP contribution in [0.1, 0.15) is 52.9 Å². The normalized spacial score (nSPS) is 28.0. The van der Waals surface area contributed by atoms with E-state index in [0.29, 0.717) is 25.3 Å². The van der Waals surface area contributed by atoms with E-state index < -0.39 is 15.7 Å².